The van der Waals surface area contributed by atoms with E-state index in [1.54, 1.807) is 0 Å². The highest BCUT2D eigenvalue weighted by molar-refractivity contribution is 5.66. The number of hydrogen-bond acceptors (Lipinski definition) is 4. The number of aromatic nitrogens is 2. The van der Waals surface area contributed by atoms with Crippen LogP contribution in [0.2, 0.25) is 0 Å². The Morgan fingerprint density at radius 3 is 2.95 bits per heavy atom. The molecular weight excluding hydrogens is 244 g/mol. The highest BCUT2D eigenvalue weighted by Gasteiger charge is 2.42. The number of fused-ring (bicyclic) bond motifs is 2. The second-order valence-electron chi connectivity index (χ2n) is 6.23. The van der Waals surface area contributed by atoms with Gasteiger partial charge in [-0.1, -0.05) is 18.5 Å². The van der Waals surface area contributed by atoms with Crippen LogP contribution in [0.25, 0.3) is 0 Å². The van der Waals surface area contributed by atoms with Crippen molar-refractivity contribution in [1.82, 2.24) is 10.1 Å². The van der Waals surface area contributed by atoms with Crippen LogP contribution in [0.3, 0.4) is 0 Å². The fourth-order valence-electron chi connectivity index (χ4n) is 3.73. The maximum absolute atomic E-state index is 10.6. The van der Waals surface area contributed by atoms with E-state index in [0.29, 0.717) is 18.2 Å². The standard InChI is InChI=1S/C14H20N2O3/c1-8(5-13(17)18)4-12-15-14(16-19-12)11-7-9-2-3-10(11)6-9/h8-11H,2-7H2,1H3,(H,17,18). The van der Waals surface area contributed by atoms with Gasteiger partial charge in [0.1, 0.15) is 0 Å². The van der Waals surface area contributed by atoms with Gasteiger partial charge < -0.3 is 9.63 Å². The van der Waals surface area contributed by atoms with E-state index in [2.05, 4.69) is 10.1 Å². The maximum atomic E-state index is 10.6. The lowest BCUT2D eigenvalue weighted by atomic mass is 9.88. The third-order valence-corrected chi connectivity index (χ3v) is 4.60. The van der Waals surface area contributed by atoms with E-state index < -0.39 is 5.97 Å². The van der Waals surface area contributed by atoms with Gasteiger partial charge >= 0.3 is 5.97 Å². The first kappa shape index (κ1) is 12.6. The monoisotopic (exact) mass is 264 g/mol. The smallest absolute Gasteiger partial charge is 0.303 e. The topological polar surface area (TPSA) is 76.2 Å². The average Bonchev–Trinajstić information content (AvgIpc) is 3.01. The van der Waals surface area contributed by atoms with Gasteiger partial charge in [0.2, 0.25) is 5.89 Å². The summed E-state index contributed by atoms with van der Waals surface area (Å²) >= 11 is 0. The van der Waals surface area contributed by atoms with E-state index in [9.17, 15) is 4.79 Å². The second kappa shape index (κ2) is 4.94. The molecule has 5 nitrogen and oxygen atoms in total. The molecule has 0 aliphatic heterocycles. The third kappa shape index (κ3) is 2.65. The molecule has 4 unspecified atom stereocenters. The molecule has 2 aliphatic rings. The Kier molecular flexibility index (Phi) is 3.29. The van der Waals surface area contributed by atoms with Gasteiger partial charge in [-0.3, -0.25) is 4.79 Å². The predicted octanol–water partition coefficient (Wildman–Crippen LogP) is 2.63. The second-order valence-corrected chi connectivity index (χ2v) is 6.23. The Labute approximate surface area is 112 Å². The summed E-state index contributed by atoms with van der Waals surface area (Å²) in [7, 11) is 0. The number of carboxylic acid groups (broad SMARTS) is 1. The van der Waals surface area contributed by atoms with Crippen LogP contribution >= 0.6 is 0 Å². The summed E-state index contributed by atoms with van der Waals surface area (Å²) in [5.41, 5.74) is 0. The van der Waals surface area contributed by atoms with E-state index in [4.69, 9.17) is 9.63 Å². The van der Waals surface area contributed by atoms with Gasteiger partial charge in [-0.2, -0.15) is 4.98 Å². The van der Waals surface area contributed by atoms with Gasteiger partial charge in [-0.05, 0) is 37.0 Å². The van der Waals surface area contributed by atoms with Crippen molar-refractivity contribution in [2.75, 3.05) is 0 Å². The minimum Gasteiger partial charge on any atom is -0.481 e. The zero-order valence-electron chi connectivity index (χ0n) is 11.2. The van der Waals surface area contributed by atoms with Crippen molar-refractivity contribution < 1.29 is 14.4 Å². The largest absolute Gasteiger partial charge is 0.481 e. The molecule has 2 bridgehead atoms. The van der Waals surface area contributed by atoms with E-state index in [0.717, 1.165) is 17.7 Å². The number of nitrogens with zero attached hydrogens (tertiary/aromatic N) is 2. The summed E-state index contributed by atoms with van der Waals surface area (Å²) < 4.78 is 5.28. The molecule has 0 radical (unpaired) electrons. The number of aliphatic carboxylic acids is 1. The molecule has 19 heavy (non-hydrogen) atoms. The molecular formula is C14H20N2O3. The van der Waals surface area contributed by atoms with Crippen LogP contribution < -0.4 is 0 Å². The average molecular weight is 264 g/mol. The van der Waals surface area contributed by atoms with Crippen LogP contribution in [0.4, 0.5) is 0 Å². The number of rotatable bonds is 5. The van der Waals surface area contributed by atoms with E-state index in [1.807, 2.05) is 6.92 Å². The van der Waals surface area contributed by atoms with Gasteiger partial charge in [0.25, 0.3) is 0 Å². The molecule has 4 atom stereocenters. The van der Waals surface area contributed by atoms with Crippen LogP contribution in [-0.2, 0) is 11.2 Å². The lowest BCUT2D eigenvalue weighted by Gasteiger charge is -2.17. The fraction of sp³-hybridized carbons (Fsp3) is 0.786. The van der Waals surface area contributed by atoms with E-state index >= 15 is 0 Å². The maximum Gasteiger partial charge on any atom is 0.303 e. The Hall–Kier alpha value is -1.39. The van der Waals surface area contributed by atoms with Crippen molar-refractivity contribution in [3.05, 3.63) is 11.7 Å². The summed E-state index contributed by atoms with van der Waals surface area (Å²) in [5, 5.41) is 12.9. The first-order chi connectivity index (χ1) is 9.11. The van der Waals surface area contributed by atoms with Gasteiger partial charge in [0.15, 0.2) is 5.82 Å². The van der Waals surface area contributed by atoms with Gasteiger partial charge in [0, 0.05) is 18.8 Å². The first-order valence-electron chi connectivity index (χ1n) is 7.16. The minimum absolute atomic E-state index is 0.0332. The molecule has 2 fully saturated rings. The van der Waals surface area contributed by atoms with Crippen LogP contribution in [0.15, 0.2) is 4.52 Å². The summed E-state index contributed by atoms with van der Waals surface area (Å²) in [4.78, 5) is 15.1. The lowest BCUT2D eigenvalue weighted by molar-refractivity contribution is -0.137. The zero-order valence-corrected chi connectivity index (χ0v) is 11.2. The third-order valence-electron chi connectivity index (χ3n) is 4.60. The van der Waals surface area contributed by atoms with Crippen molar-refractivity contribution in [3.8, 4) is 0 Å². The molecule has 1 N–H and O–H groups in total. The van der Waals surface area contributed by atoms with Crippen LogP contribution in [0.1, 0.15) is 56.7 Å². The Morgan fingerprint density at radius 2 is 2.32 bits per heavy atom. The summed E-state index contributed by atoms with van der Waals surface area (Å²) in [6.45, 7) is 1.90. The molecule has 5 heteroatoms. The van der Waals surface area contributed by atoms with Crippen molar-refractivity contribution in [1.29, 1.82) is 0 Å². The number of carboxylic acids is 1. The van der Waals surface area contributed by atoms with Gasteiger partial charge in [-0.15, -0.1) is 0 Å². The van der Waals surface area contributed by atoms with E-state index in [-0.39, 0.29) is 12.3 Å². The number of carbonyl (C=O) groups is 1. The van der Waals surface area contributed by atoms with Gasteiger partial charge in [0.05, 0.1) is 0 Å². The minimum atomic E-state index is -0.777. The number of hydrogen-bond donors (Lipinski definition) is 1. The van der Waals surface area contributed by atoms with Crippen LogP contribution in [0, 0.1) is 17.8 Å². The summed E-state index contributed by atoms with van der Waals surface area (Å²) in [6, 6.07) is 0. The first-order valence-corrected chi connectivity index (χ1v) is 7.16. The molecule has 1 aromatic rings. The zero-order chi connectivity index (χ0) is 13.4. The molecule has 104 valence electrons. The fourth-order valence-corrected chi connectivity index (χ4v) is 3.73. The van der Waals surface area contributed by atoms with Crippen LogP contribution in [0.5, 0.6) is 0 Å². The highest BCUT2D eigenvalue weighted by Crippen LogP contribution is 2.52. The molecule has 2 saturated carbocycles. The van der Waals surface area contributed by atoms with E-state index in [1.165, 1.54) is 25.7 Å². The molecule has 0 spiro atoms. The Morgan fingerprint density at radius 1 is 1.47 bits per heavy atom. The van der Waals surface area contributed by atoms with Crippen molar-refractivity contribution in [2.45, 2.75) is 51.4 Å². The SMILES string of the molecule is CC(CC(=O)O)Cc1nc(C2CC3CCC2C3)no1. The quantitative estimate of drug-likeness (QED) is 0.884. The summed E-state index contributed by atoms with van der Waals surface area (Å²) in [6.07, 6.45) is 5.89. The molecule has 0 saturated heterocycles. The normalized spacial score (nSPS) is 30.7. The van der Waals surface area contributed by atoms with Gasteiger partial charge in [-0.25, -0.2) is 0 Å². The Bertz CT molecular complexity index is 471. The molecule has 0 amide bonds. The molecule has 2 aliphatic carbocycles. The van der Waals surface area contributed by atoms with Crippen molar-refractivity contribution in [3.63, 3.8) is 0 Å². The Balaban J connectivity index is 1.62. The van der Waals surface area contributed by atoms with Crippen LogP contribution in [-0.4, -0.2) is 21.2 Å². The van der Waals surface area contributed by atoms with Crippen molar-refractivity contribution in [2.24, 2.45) is 17.8 Å². The predicted molar refractivity (Wildman–Crippen MR) is 67.6 cm³/mol. The highest BCUT2D eigenvalue weighted by atomic mass is 16.5. The molecule has 1 heterocycles. The summed E-state index contributed by atoms with van der Waals surface area (Å²) in [5.74, 6) is 2.78. The molecule has 3 rings (SSSR count). The molecule has 0 aromatic carbocycles. The molecule has 1 aromatic heterocycles. The van der Waals surface area contributed by atoms with Crippen molar-refractivity contribution >= 4 is 5.97 Å². The lowest BCUT2D eigenvalue weighted by Crippen LogP contribution is -2.10.